The molecule has 2 unspecified atom stereocenters. The summed E-state index contributed by atoms with van der Waals surface area (Å²) in [7, 11) is 0. The van der Waals surface area contributed by atoms with Crippen molar-refractivity contribution in [3.8, 4) is 11.5 Å². The maximum absolute atomic E-state index is 13.7. The molecule has 4 heterocycles. The molecule has 0 aliphatic carbocycles. The second-order valence-corrected chi connectivity index (χ2v) is 12.8. The van der Waals surface area contributed by atoms with Crippen LogP contribution >= 0.6 is 23.5 Å². The average Bonchev–Trinajstić information content (AvgIpc) is 3.57. The van der Waals surface area contributed by atoms with Gasteiger partial charge in [-0.15, -0.1) is 21.5 Å². The number of phenols is 1. The molecule has 3 aliphatic rings. The molecule has 1 saturated heterocycles. The van der Waals surface area contributed by atoms with E-state index in [2.05, 4.69) is 26.2 Å². The molecule has 1 aromatic heterocycles. The monoisotopic (exact) mass is 709 g/mol. The summed E-state index contributed by atoms with van der Waals surface area (Å²) in [4.78, 5) is 89.6. The molecule has 0 spiro atoms. The fraction of sp³-hybridized carbons (Fsp3) is 0.241. The predicted molar refractivity (Wildman–Crippen MR) is 166 cm³/mol. The van der Waals surface area contributed by atoms with E-state index in [-0.39, 0.29) is 39.2 Å². The average molecular weight is 710 g/mol. The summed E-state index contributed by atoms with van der Waals surface area (Å²) in [6, 6.07) is 7.69. The molecule has 252 valence electrons. The van der Waals surface area contributed by atoms with E-state index in [0.717, 1.165) is 28.8 Å². The minimum Gasteiger partial charge on any atom is -0.507 e. The number of thioether (sulfide) groups is 2. The molecule has 6 rings (SSSR count). The first-order chi connectivity index (χ1) is 23.5. The number of amides is 3. The second-order valence-electron chi connectivity index (χ2n) is 10.7. The predicted octanol–water partition coefficient (Wildman–Crippen LogP) is 0.297. The van der Waals surface area contributed by atoms with Gasteiger partial charge in [-0.05, 0) is 27.6 Å². The zero-order chi connectivity index (χ0) is 35.0. The molecular weight excluding hydrogens is 686 g/mol. The Morgan fingerprint density at radius 3 is 2.59 bits per heavy atom. The van der Waals surface area contributed by atoms with Gasteiger partial charge >= 0.3 is 12.1 Å². The molecule has 3 aliphatic heterocycles. The summed E-state index contributed by atoms with van der Waals surface area (Å²) >= 11 is 2.05. The fourth-order valence-electron chi connectivity index (χ4n) is 5.38. The van der Waals surface area contributed by atoms with Crippen molar-refractivity contribution in [2.45, 2.75) is 22.6 Å². The number of aliphatic carboxylic acids is 1. The van der Waals surface area contributed by atoms with Crippen LogP contribution in [0, 0.1) is 5.92 Å². The van der Waals surface area contributed by atoms with Crippen LogP contribution in [-0.4, -0.2) is 112 Å². The number of hydrogen-bond donors (Lipinski definition) is 5. The van der Waals surface area contributed by atoms with Crippen molar-refractivity contribution in [1.29, 1.82) is 0 Å². The number of aldehydes is 1. The Bertz CT molecular complexity index is 1950. The highest BCUT2D eigenvalue weighted by Crippen LogP contribution is 2.42. The van der Waals surface area contributed by atoms with Crippen LogP contribution < -0.4 is 15.4 Å². The number of carboxylic acid groups (broad SMARTS) is 2. The number of β-lactam (4-membered cyclic amide) rings is 1. The molecule has 2 aromatic carbocycles. The van der Waals surface area contributed by atoms with E-state index in [1.54, 1.807) is 30.3 Å². The topological polar surface area (TPSA) is 260 Å². The van der Waals surface area contributed by atoms with Crippen LogP contribution in [0.1, 0.15) is 32.3 Å². The highest BCUT2D eigenvalue weighted by atomic mass is 32.2. The summed E-state index contributed by atoms with van der Waals surface area (Å²) < 4.78 is 6.04. The van der Waals surface area contributed by atoms with Crippen LogP contribution in [0.15, 0.2) is 58.9 Å². The number of ether oxygens (including phenoxy) is 1. The van der Waals surface area contributed by atoms with Crippen LogP contribution in [0.3, 0.4) is 0 Å². The SMILES string of the molecule is O=Cc1cc2c(cc1O)OCC(C(=O)NC(C(=O)N[C@@H]1C(=O)N3C(C(=O)O)=C(CSc4nnnn4C(=O)O)CS[C@H]13)c1ccccc1)C2=O. The Hall–Kier alpha value is -5.76. The molecule has 5 N–H and O–H groups in total. The standard InChI is InChI=1S/C29H23N7O11S2/c37-8-13-6-15-18(7-17(13)38)47-9-16(22(15)39)23(40)30-19(12-4-2-1-3-5-12)24(41)31-20-25(42)35-21(27(43)44)14(10-48-26(20)35)11-49-28-32-33-34-36(28)29(45)46/h1-8,16,19-20,26,38H,9-11H2,(H,30,40)(H,31,41)(H,43,44)(H,45,46)/t16?,19?,20-,26-/m1/s1. The summed E-state index contributed by atoms with van der Waals surface area (Å²) in [5.41, 5.74) is 0.0470. The zero-order valence-corrected chi connectivity index (χ0v) is 26.3. The van der Waals surface area contributed by atoms with Crippen molar-refractivity contribution >= 4 is 65.4 Å². The lowest BCUT2D eigenvalue weighted by molar-refractivity contribution is -0.151. The number of nitrogens with one attached hydrogen (secondary N) is 2. The summed E-state index contributed by atoms with van der Waals surface area (Å²) in [5.74, 6) is -6.23. The molecule has 3 amide bonds. The number of fused-ring (bicyclic) bond motifs is 2. The van der Waals surface area contributed by atoms with Crippen LogP contribution in [0.5, 0.6) is 11.5 Å². The molecule has 0 radical (unpaired) electrons. The quantitative estimate of drug-likeness (QED) is 0.0623. The number of Topliss-reactive ketones (excluding diaryl/α,β-unsaturated/α-hetero) is 1. The van der Waals surface area contributed by atoms with Crippen molar-refractivity contribution in [3.05, 3.63) is 70.4 Å². The van der Waals surface area contributed by atoms with E-state index in [9.17, 15) is 48.9 Å². The Balaban J connectivity index is 1.18. The highest BCUT2D eigenvalue weighted by Gasteiger charge is 2.54. The van der Waals surface area contributed by atoms with E-state index < -0.39 is 71.3 Å². The summed E-state index contributed by atoms with van der Waals surface area (Å²) in [5, 5.41) is 43.6. The molecule has 3 aromatic rings. The Kier molecular flexibility index (Phi) is 9.06. The van der Waals surface area contributed by atoms with Gasteiger partial charge in [-0.1, -0.05) is 42.1 Å². The number of aromatic nitrogens is 4. The van der Waals surface area contributed by atoms with Gasteiger partial charge in [0.1, 0.15) is 47.2 Å². The van der Waals surface area contributed by atoms with Gasteiger partial charge < -0.3 is 30.7 Å². The second kappa shape index (κ2) is 13.4. The molecule has 4 atom stereocenters. The van der Waals surface area contributed by atoms with Gasteiger partial charge in [-0.2, -0.15) is 0 Å². The number of ketones is 1. The van der Waals surface area contributed by atoms with E-state index in [4.69, 9.17) is 4.74 Å². The third-order valence-electron chi connectivity index (χ3n) is 7.79. The van der Waals surface area contributed by atoms with Gasteiger partial charge in [0.25, 0.3) is 5.91 Å². The molecule has 49 heavy (non-hydrogen) atoms. The van der Waals surface area contributed by atoms with E-state index >= 15 is 0 Å². The molecule has 0 saturated carbocycles. The van der Waals surface area contributed by atoms with Gasteiger partial charge in [0.15, 0.2) is 12.1 Å². The lowest BCUT2D eigenvalue weighted by Crippen LogP contribution is -2.71. The Labute approximate surface area is 282 Å². The van der Waals surface area contributed by atoms with Crippen molar-refractivity contribution in [2.24, 2.45) is 5.92 Å². The number of phenolic OH excluding ortho intramolecular Hbond substituents is 1. The van der Waals surface area contributed by atoms with Gasteiger partial charge in [0.05, 0.1) is 11.1 Å². The number of carbonyl (C=O) groups is 7. The third kappa shape index (κ3) is 6.18. The lowest BCUT2D eigenvalue weighted by Gasteiger charge is -2.49. The van der Waals surface area contributed by atoms with Crippen LogP contribution in [-0.2, 0) is 19.2 Å². The minimum absolute atomic E-state index is 0.00962. The van der Waals surface area contributed by atoms with Crippen molar-refractivity contribution in [1.82, 2.24) is 35.7 Å². The fourth-order valence-corrected chi connectivity index (χ4v) is 7.73. The van der Waals surface area contributed by atoms with E-state index in [1.165, 1.54) is 11.8 Å². The molecule has 20 heteroatoms. The van der Waals surface area contributed by atoms with Crippen molar-refractivity contribution in [3.63, 3.8) is 0 Å². The Morgan fingerprint density at radius 2 is 1.90 bits per heavy atom. The van der Waals surface area contributed by atoms with E-state index in [0.29, 0.717) is 22.1 Å². The lowest BCUT2D eigenvalue weighted by atomic mass is 9.92. The summed E-state index contributed by atoms with van der Waals surface area (Å²) in [6.45, 7) is -0.411. The number of nitrogens with zero attached hydrogens (tertiary/aromatic N) is 5. The number of rotatable bonds is 10. The third-order valence-corrected chi connectivity index (χ3v) is 10.1. The van der Waals surface area contributed by atoms with Crippen LogP contribution in [0.4, 0.5) is 4.79 Å². The number of tetrazole rings is 1. The number of carbonyl (C=O) groups excluding carboxylic acids is 5. The molecule has 18 nitrogen and oxygen atoms in total. The first-order valence-electron chi connectivity index (χ1n) is 14.2. The number of aromatic hydroxyl groups is 1. The molecular formula is C29H23N7O11S2. The van der Waals surface area contributed by atoms with Gasteiger partial charge in [0.2, 0.25) is 17.0 Å². The molecule has 0 bridgehead atoms. The number of hydrogen-bond acceptors (Lipinski definition) is 14. The number of carboxylic acids is 1. The van der Waals surface area contributed by atoms with Crippen LogP contribution in [0.2, 0.25) is 0 Å². The summed E-state index contributed by atoms with van der Waals surface area (Å²) in [6.07, 6.45) is -1.09. The van der Waals surface area contributed by atoms with Gasteiger partial charge in [-0.3, -0.25) is 28.9 Å². The van der Waals surface area contributed by atoms with Gasteiger partial charge in [-0.25, -0.2) is 9.59 Å². The first-order valence-corrected chi connectivity index (χ1v) is 16.2. The zero-order valence-electron chi connectivity index (χ0n) is 24.7. The largest absolute Gasteiger partial charge is 0.507 e. The maximum atomic E-state index is 13.7. The smallest absolute Gasteiger partial charge is 0.436 e. The highest BCUT2D eigenvalue weighted by molar-refractivity contribution is 8.01. The van der Waals surface area contributed by atoms with Gasteiger partial charge in [0, 0.05) is 17.6 Å². The van der Waals surface area contributed by atoms with Crippen molar-refractivity contribution < 1.29 is 53.6 Å². The van der Waals surface area contributed by atoms with E-state index in [1.807, 2.05) is 0 Å². The van der Waals surface area contributed by atoms with Crippen LogP contribution in [0.25, 0.3) is 0 Å². The first kappa shape index (κ1) is 33.2. The Morgan fingerprint density at radius 1 is 1.14 bits per heavy atom. The molecule has 1 fully saturated rings. The normalized spacial score (nSPS) is 20.2. The number of benzene rings is 2. The minimum atomic E-state index is -1.43. The van der Waals surface area contributed by atoms with Crippen molar-refractivity contribution in [2.75, 3.05) is 18.1 Å². The maximum Gasteiger partial charge on any atom is 0.436 e.